The molecule has 0 aliphatic heterocycles. The van der Waals surface area contributed by atoms with Gasteiger partial charge < -0.3 is 9.84 Å². The number of hydrogen-bond acceptors (Lipinski definition) is 4. The number of hydrogen-bond donors (Lipinski definition) is 1. The predicted octanol–water partition coefficient (Wildman–Crippen LogP) is 3.86. The standard InChI is InChI=1S/C15H16ClN3O/c1-10-14(11(2)20-19-10)4-3-7-18-13-6-5-12(9-17)15(16)8-13/h5-6,8,18H,3-4,7H2,1-2H3. The van der Waals surface area contributed by atoms with Gasteiger partial charge in [0.25, 0.3) is 0 Å². The van der Waals surface area contributed by atoms with Gasteiger partial charge in [-0.3, -0.25) is 0 Å². The van der Waals surface area contributed by atoms with Gasteiger partial charge in [-0.1, -0.05) is 16.8 Å². The number of halogens is 1. The number of nitrogens with zero attached hydrogens (tertiary/aromatic N) is 2. The minimum atomic E-state index is 0.475. The molecule has 0 atom stereocenters. The van der Waals surface area contributed by atoms with Crippen LogP contribution in [-0.4, -0.2) is 11.7 Å². The number of aryl methyl sites for hydroxylation is 2. The monoisotopic (exact) mass is 289 g/mol. The van der Waals surface area contributed by atoms with Crippen LogP contribution in [0.25, 0.3) is 0 Å². The highest BCUT2D eigenvalue weighted by Crippen LogP contribution is 2.20. The summed E-state index contributed by atoms with van der Waals surface area (Å²) >= 11 is 5.98. The van der Waals surface area contributed by atoms with Crippen LogP contribution in [0.2, 0.25) is 5.02 Å². The summed E-state index contributed by atoms with van der Waals surface area (Å²) in [5, 5.41) is 16.5. The second-order valence-corrected chi connectivity index (χ2v) is 5.05. The van der Waals surface area contributed by atoms with Gasteiger partial charge >= 0.3 is 0 Å². The van der Waals surface area contributed by atoms with Crippen LogP contribution in [0.4, 0.5) is 5.69 Å². The Morgan fingerprint density at radius 2 is 2.20 bits per heavy atom. The van der Waals surface area contributed by atoms with Gasteiger partial charge in [0.05, 0.1) is 16.3 Å². The van der Waals surface area contributed by atoms with Gasteiger partial charge in [0, 0.05) is 17.8 Å². The van der Waals surface area contributed by atoms with E-state index in [-0.39, 0.29) is 0 Å². The minimum Gasteiger partial charge on any atom is -0.385 e. The van der Waals surface area contributed by atoms with Crippen molar-refractivity contribution in [3.63, 3.8) is 0 Å². The molecule has 104 valence electrons. The molecule has 0 aliphatic carbocycles. The fraction of sp³-hybridized carbons (Fsp3) is 0.333. The van der Waals surface area contributed by atoms with Gasteiger partial charge in [-0.25, -0.2) is 0 Å². The van der Waals surface area contributed by atoms with Crippen molar-refractivity contribution in [3.05, 3.63) is 45.8 Å². The average Bonchev–Trinajstić information content (AvgIpc) is 2.75. The molecule has 2 aromatic rings. The molecule has 1 aromatic carbocycles. The highest BCUT2D eigenvalue weighted by atomic mass is 35.5. The summed E-state index contributed by atoms with van der Waals surface area (Å²) in [6.45, 7) is 4.72. The SMILES string of the molecule is Cc1noc(C)c1CCCNc1ccc(C#N)c(Cl)c1. The fourth-order valence-corrected chi connectivity index (χ4v) is 2.30. The van der Waals surface area contributed by atoms with E-state index in [1.54, 1.807) is 12.1 Å². The second kappa shape index (κ2) is 6.44. The summed E-state index contributed by atoms with van der Waals surface area (Å²) in [6, 6.07) is 7.40. The van der Waals surface area contributed by atoms with Crippen molar-refractivity contribution in [2.24, 2.45) is 0 Å². The summed E-state index contributed by atoms with van der Waals surface area (Å²) < 4.78 is 5.13. The summed E-state index contributed by atoms with van der Waals surface area (Å²) in [4.78, 5) is 0. The number of benzene rings is 1. The van der Waals surface area contributed by atoms with Gasteiger partial charge in [-0.2, -0.15) is 5.26 Å². The number of anilines is 1. The van der Waals surface area contributed by atoms with Gasteiger partial charge in [-0.15, -0.1) is 0 Å². The van der Waals surface area contributed by atoms with E-state index in [4.69, 9.17) is 21.4 Å². The first kappa shape index (κ1) is 14.4. The first-order valence-corrected chi connectivity index (χ1v) is 6.85. The molecule has 0 bridgehead atoms. The molecule has 0 amide bonds. The Morgan fingerprint density at radius 3 is 2.80 bits per heavy atom. The van der Waals surface area contributed by atoms with Crippen molar-refractivity contribution >= 4 is 17.3 Å². The van der Waals surface area contributed by atoms with Crippen molar-refractivity contribution in [2.45, 2.75) is 26.7 Å². The van der Waals surface area contributed by atoms with Crippen molar-refractivity contribution in [3.8, 4) is 6.07 Å². The molecule has 2 rings (SSSR count). The summed E-state index contributed by atoms with van der Waals surface area (Å²) in [7, 11) is 0. The van der Waals surface area contributed by atoms with E-state index >= 15 is 0 Å². The lowest BCUT2D eigenvalue weighted by Crippen LogP contribution is -2.03. The largest absolute Gasteiger partial charge is 0.385 e. The zero-order valence-corrected chi connectivity index (χ0v) is 12.3. The van der Waals surface area contributed by atoms with Crippen molar-refractivity contribution < 1.29 is 4.52 Å². The molecule has 0 saturated heterocycles. The summed E-state index contributed by atoms with van der Waals surface area (Å²) in [5.74, 6) is 0.893. The molecule has 1 heterocycles. The maximum atomic E-state index is 8.81. The number of nitrogens with one attached hydrogen (secondary N) is 1. The summed E-state index contributed by atoms with van der Waals surface area (Å²) in [6.07, 6.45) is 1.90. The smallest absolute Gasteiger partial charge is 0.137 e. The molecule has 1 aromatic heterocycles. The van der Waals surface area contributed by atoms with Gasteiger partial charge in [0.15, 0.2) is 0 Å². The zero-order valence-electron chi connectivity index (χ0n) is 11.5. The topological polar surface area (TPSA) is 61.9 Å². The van der Waals surface area contributed by atoms with Crippen LogP contribution in [-0.2, 0) is 6.42 Å². The Kier molecular flexibility index (Phi) is 4.65. The molecule has 0 unspecified atom stereocenters. The Bertz CT molecular complexity index is 624. The molecule has 20 heavy (non-hydrogen) atoms. The Morgan fingerprint density at radius 1 is 1.40 bits per heavy atom. The number of rotatable bonds is 5. The first-order chi connectivity index (χ1) is 9.61. The highest BCUT2D eigenvalue weighted by Gasteiger charge is 2.08. The van der Waals surface area contributed by atoms with Crippen molar-refractivity contribution in [1.29, 1.82) is 5.26 Å². The molecule has 0 aliphatic rings. The lowest BCUT2D eigenvalue weighted by molar-refractivity contribution is 0.392. The maximum absolute atomic E-state index is 8.81. The average molecular weight is 290 g/mol. The Labute approximate surface area is 123 Å². The van der Waals surface area contributed by atoms with Crippen LogP contribution < -0.4 is 5.32 Å². The molecule has 1 N–H and O–H groups in total. The van der Waals surface area contributed by atoms with E-state index in [2.05, 4.69) is 10.5 Å². The number of nitriles is 1. The molecular weight excluding hydrogens is 274 g/mol. The quantitative estimate of drug-likeness (QED) is 0.849. The van der Waals surface area contributed by atoms with Gasteiger partial charge in [0.1, 0.15) is 11.8 Å². The van der Waals surface area contributed by atoms with Crippen molar-refractivity contribution in [2.75, 3.05) is 11.9 Å². The molecular formula is C15H16ClN3O. The Balaban J connectivity index is 1.85. The molecule has 0 spiro atoms. The zero-order chi connectivity index (χ0) is 14.5. The van der Waals surface area contributed by atoms with Crippen LogP contribution in [0, 0.1) is 25.2 Å². The van der Waals surface area contributed by atoms with Crippen LogP contribution >= 0.6 is 11.6 Å². The molecule has 5 heteroatoms. The highest BCUT2D eigenvalue weighted by molar-refractivity contribution is 6.32. The molecule has 4 nitrogen and oxygen atoms in total. The molecule has 0 fully saturated rings. The Hall–Kier alpha value is -1.99. The predicted molar refractivity (Wildman–Crippen MR) is 79.0 cm³/mol. The van der Waals surface area contributed by atoms with E-state index in [1.165, 1.54) is 5.56 Å². The second-order valence-electron chi connectivity index (χ2n) is 4.64. The molecule has 0 saturated carbocycles. The van der Waals surface area contributed by atoms with E-state index < -0.39 is 0 Å². The first-order valence-electron chi connectivity index (χ1n) is 6.47. The van der Waals surface area contributed by atoms with Crippen LogP contribution in [0.3, 0.4) is 0 Å². The van der Waals surface area contributed by atoms with E-state index in [1.807, 2.05) is 26.0 Å². The van der Waals surface area contributed by atoms with Gasteiger partial charge in [0.2, 0.25) is 0 Å². The van der Waals surface area contributed by atoms with E-state index in [9.17, 15) is 0 Å². The van der Waals surface area contributed by atoms with Crippen LogP contribution in [0.5, 0.6) is 0 Å². The molecule has 0 radical (unpaired) electrons. The fourth-order valence-electron chi connectivity index (χ4n) is 2.07. The third-order valence-corrected chi connectivity index (χ3v) is 3.52. The van der Waals surface area contributed by atoms with Crippen molar-refractivity contribution in [1.82, 2.24) is 5.16 Å². The summed E-state index contributed by atoms with van der Waals surface area (Å²) in [5.41, 5.74) is 3.56. The van der Waals surface area contributed by atoms with Gasteiger partial charge in [-0.05, 0) is 44.9 Å². The van der Waals surface area contributed by atoms with Crippen LogP contribution in [0.15, 0.2) is 22.7 Å². The lowest BCUT2D eigenvalue weighted by atomic mass is 10.1. The normalized spacial score (nSPS) is 10.3. The third kappa shape index (κ3) is 3.31. The van der Waals surface area contributed by atoms with Crippen LogP contribution in [0.1, 0.15) is 29.0 Å². The minimum absolute atomic E-state index is 0.475. The maximum Gasteiger partial charge on any atom is 0.137 e. The third-order valence-electron chi connectivity index (χ3n) is 3.20. The number of aromatic nitrogens is 1. The van der Waals surface area contributed by atoms with E-state index in [0.717, 1.165) is 36.5 Å². The lowest BCUT2D eigenvalue weighted by Gasteiger charge is -2.07. The van der Waals surface area contributed by atoms with E-state index in [0.29, 0.717) is 10.6 Å².